The normalized spacial score (nSPS) is 10.5. The summed E-state index contributed by atoms with van der Waals surface area (Å²) in [4.78, 5) is 15.8. The van der Waals surface area contributed by atoms with E-state index in [1.165, 1.54) is 24.4 Å². The van der Waals surface area contributed by atoms with Gasteiger partial charge in [-0.25, -0.2) is 5.43 Å². The zero-order valence-corrected chi connectivity index (χ0v) is 9.95. The van der Waals surface area contributed by atoms with E-state index in [1.54, 1.807) is 18.3 Å². The van der Waals surface area contributed by atoms with Gasteiger partial charge in [0.1, 0.15) is 5.75 Å². The molecule has 2 aromatic rings. The van der Waals surface area contributed by atoms with Gasteiger partial charge in [-0.3, -0.25) is 9.78 Å². The zero-order valence-electron chi connectivity index (χ0n) is 9.95. The summed E-state index contributed by atoms with van der Waals surface area (Å²) in [7, 11) is 0. The number of nitrogens with one attached hydrogen (secondary N) is 1. The van der Waals surface area contributed by atoms with Crippen molar-refractivity contribution in [2.75, 3.05) is 5.73 Å². The van der Waals surface area contributed by atoms with Crippen LogP contribution in [0.25, 0.3) is 0 Å². The minimum absolute atomic E-state index is 0.0213. The molecule has 0 aliphatic heterocycles. The Labute approximate surface area is 109 Å². The molecule has 0 bridgehead atoms. The van der Waals surface area contributed by atoms with Crippen LogP contribution in [0.1, 0.15) is 16.1 Å². The van der Waals surface area contributed by atoms with E-state index in [4.69, 9.17) is 5.73 Å². The summed E-state index contributed by atoms with van der Waals surface area (Å²) in [5, 5.41) is 13.2. The summed E-state index contributed by atoms with van der Waals surface area (Å²) in [6.45, 7) is 0. The molecule has 0 aliphatic carbocycles. The van der Waals surface area contributed by atoms with E-state index < -0.39 is 5.91 Å². The SMILES string of the molecule is Nc1c(O)cccc1C(=O)N/N=C/c1ccccn1. The summed E-state index contributed by atoms with van der Waals surface area (Å²) in [5.74, 6) is -0.637. The Morgan fingerprint density at radius 1 is 1.32 bits per heavy atom. The van der Waals surface area contributed by atoms with E-state index in [9.17, 15) is 9.90 Å². The predicted molar refractivity (Wildman–Crippen MR) is 71.8 cm³/mol. The van der Waals surface area contributed by atoms with Crippen molar-refractivity contribution in [2.45, 2.75) is 0 Å². The first-order valence-corrected chi connectivity index (χ1v) is 5.50. The molecule has 1 heterocycles. The lowest BCUT2D eigenvalue weighted by Crippen LogP contribution is -2.19. The van der Waals surface area contributed by atoms with Crippen LogP contribution in [0.5, 0.6) is 5.75 Å². The van der Waals surface area contributed by atoms with Crippen molar-refractivity contribution >= 4 is 17.8 Å². The van der Waals surface area contributed by atoms with Crippen LogP contribution in [0.3, 0.4) is 0 Å². The molecule has 0 unspecified atom stereocenters. The van der Waals surface area contributed by atoms with Crippen LogP contribution in [0.4, 0.5) is 5.69 Å². The van der Waals surface area contributed by atoms with Crippen LogP contribution in [0, 0.1) is 0 Å². The average Bonchev–Trinajstić information content (AvgIpc) is 2.43. The van der Waals surface area contributed by atoms with Crippen LogP contribution in [0.2, 0.25) is 0 Å². The molecule has 1 aromatic carbocycles. The van der Waals surface area contributed by atoms with Gasteiger partial charge in [0.2, 0.25) is 0 Å². The number of pyridine rings is 1. The average molecular weight is 256 g/mol. The Hall–Kier alpha value is -2.89. The Morgan fingerprint density at radius 3 is 2.89 bits per heavy atom. The predicted octanol–water partition coefficient (Wildman–Crippen LogP) is 1.13. The third-order valence-corrected chi connectivity index (χ3v) is 2.38. The number of hydrogen-bond donors (Lipinski definition) is 3. The number of anilines is 1. The highest BCUT2D eigenvalue weighted by atomic mass is 16.3. The number of nitrogens with zero attached hydrogens (tertiary/aromatic N) is 2. The lowest BCUT2D eigenvalue weighted by atomic mass is 10.1. The van der Waals surface area contributed by atoms with Crippen LogP contribution in [0.15, 0.2) is 47.7 Å². The molecule has 1 amide bonds. The smallest absolute Gasteiger partial charge is 0.273 e. The van der Waals surface area contributed by atoms with Gasteiger partial charge in [-0.15, -0.1) is 0 Å². The molecule has 1 aromatic heterocycles. The minimum Gasteiger partial charge on any atom is -0.506 e. The number of phenols is 1. The highest BCUT2D eigenvalue weighted by Gasteiger charge is 2.10. The van der Waals surface area contributed by atoms with Crippen molar-refractivity contribution in [2.24, 2.45) is 5.10 Å². The summed E-state index contributed by atoms with van der Waals surface area (Å²) >= 11 is 0. The number of phenolic OH excluding ortho intramolecular Hbond substituents is 1. The van der Waals surface area contributed by atoms with E-state index in [0.29, 0.717) is 5.69 Å². The lowest BCUT2D eigenvalue weighted by molar-refractivity contribution is 0.0955. The molecule has 0 spiro atoms. The number of para-hydroxylation sites is 1. The standard InChI is InChI=1S/C13H12N4O2/c14-12-10(5-3-6-11(12)18)13(19)17-16-8-9-4-1-2-7-15-9/h1-8,18H,14H2,(H,17,19)/b16-8+. The van der Waals surface area contributed by atoms with Crippen molar-refractivity contribution in [3.63, 3.8) is 0 Å². The molecule has 19 heavy (non-hydrogen) atoms. The van der Waals surface area contributed by atoms with Gasteiger partial charge in [0, 0.05) is 6.20 Å². The third-order valence-electron chi connectivity index (χ3n) is 2.38. The maximum absolute atomic E-state index is 11.8. The number of carbonyl (C=O) groups excluding carboxylic acids is 1. The highest BCUT2D eigenvalue weighted by Crippen LogP contribution is 2.23. The fourth-order valence-corrected chi connectivity index (χ4v) is 1.42. The molecule has 0 atom stereocenters. The fraction of sp³-hybridized carbons (Fsp3) is 0. The second-order valence-corrected chi connectivity index (χ2v) is 3.69. The lowest BCUT2D eigenvalue weighted by Gasteiger charge is -2.05. The Morgan fingerprint density at radius 2 is 2.16 bits per heavy atom. The number of hydrogen-bond acceptors (Lipinski definition) is 5. The number of hydrazone groups is 1. The number of aromatic hydroxyl groups is 1. The third kappa shape index (κ3) is 3.06. The van der Waals surface area contributed by atoms with E-state index in [2.05, 4.69) is 15.5 Å². The molecule has 0 aliphatic rings. The first-order chi connectivity index (χ1) is 9.18. The maximum Gasteiger partial charge on any atom is 0.273 e. The maximum atomic E-state index is 11.8. The molecule has 6 heteroatoms. The zero-order chi connectivity index (χ0) is 13.7. The van der Waals surface area contributed by atoms with Crippen molar-refractivity contribution in [1.29, 1.82) is 0 Å². The first kappa shape index (κ1) is 12.6. The van der Waals surface area contributed by atoms with Gasteiger partial charge in [0.25, 0.3) is 5.91 Å². The van der Waals surface area contributed by atoms with Gasteiger partial charge < -0.3 is 10.8 Å². The van der Waals surface area contributed by atoms with Crippen molar-refractivity contribution in [3.05, 3.63) is 53.9 Å². The fourth-order valence-electron chi connectivity index (χ4n) is 1.42. The second-order valence-electron chi connectivity index (χ2n) is 3.69. The number of rotatable bonds is 3. The van der Waals surface area contributed by atoms with Crippen LogP contribution in [-0.4, -0.2) is 22.2 Å². The number of aromatic nitrogens is 1. The Bertz CT molecular complexity index is 611. The van der Waals surface area contributed by atoms with Gasteiger partial charge >= 0.3 is 0 Å². The van der Waals surface area contributed by atoms with Gasteiger partial charge in [0.15, 0.2) is 0 Å². The van der Waals surface area contributed by atoms with Gasteiger partial charge in [0.05, 0.1) is 23.2 Å². The second kappa shape index (κ2) is 5.63. The molecule has 0 saturated heterocycles. The minimum atomic E-state index is -0.499. The van der Waals surface area contributed by atoms with E-state index >= 15 is 0 Å². The summed E-state index contributed by atoms with van der Waals surface area (Å²) in [6.07, 6.45) is 3.04. The molecule has 4 N–H and O–H groups in total. The summed E-state index contributed by atoms with van der Waals surface area (Å²) in [5.41, 5.74) is 8.71. The monoisotopic (exact) mass is 256 g/mol. The van der Waals surface area contributed by atoms with Gasteiger partial charge in [-0.05, 0) is 24.3 Å². The van der Waals surface area contributed by atoms with Crippen LogP contribution >= 0.6 is 0 Å². The number of benzene rings is 1. The van der Waals surface area contributed by atoms with Gasteiger partial charge in [-0.1, -0.05) is 12.1 Å². The van der Waals surface area contributed by atoms with E-state index in [1.807, 2.05) is 6.07 Å². The first-order valence-electron chi connectivity index (χ1n) is 5.50. The van der Waals surface area contributed by atoms with Crippen molar-refractivity contribution < 1.29 is 9.90 Å². The van der Waals surface area contributed by atoms with Crippen molar-refractivity contribution in [1.82, 2.24) is 10.4 Å². The molecule has 0 radical (unpaired) electrons. The molecule has 96 valence electrons. The van der Waals surface area contributed by atoms with Crippen LogP contribution in [-0.2, 0) is 0 Å². The molecular weight excluding hydrogens is 244 g/mol. The summed E-state index contributed by atoms with van der Waals surface area (Å²) < 4.78 is 0. The number of nitrogen functional groups attached to an aromatic ring is 1. The molecule has 0 fully saturated rings. The van der Waals surface area contributed by atoms with E-state index in [-0.39, 0.29) is 17.0 Å². The number of carbonyl (C=O) groups is 1. The molecular formula is C13H12N4O2. The topological polar surface area (TPSA) is 101 Å². The largest absolute Gasteiger partial charge is 0.506 e. The Balaban J connectivity index is 2.06. The quantitative estimate of drug-likeness (QED) is 0.331. The summed E-state index contributed by atoms with van der Waals surface area (Å²) in [6, 6.07) is 9.78. The number of nitrogens with two attached hydrogens (primary N) is 1. The highest BCUT2D eigenvalue weighted by molar-refractivity contribution is 6.00. The molecule has 0 saturated carbocycles. The Kier molecular flexibility index (Phi) is 3.72. The number of amides is 1. The van der Waals surface area contributed by atoms with Crippen molar-refractivity contribution in [3.8, 4) is 5.75 Å². The molecule has 2 rings (SSSR count). The van der Waals surface area contributed by atoms with E-state index in [0.717, 1.165) is 0 Å². The van der Waals surface area contributed by atoms with Gasteiger partial charge in [-0.2, -0.15) is 5.10 Å². The molecule has 6 nitrogen and oxygen atoms in total. The van der Waals surface area contributed by atoms with Crippen LogP contribution < -0.4 is 11.2 Å².